The SMILES string of the molecule is CC(Nc1ncnc(N)c1C(=N)c1ccc(N2CCOCC2)nc1)c1oc2ccccc2c(=O)c1-c1cccc(F)c1. The Hall–Kier alpha value is -5.16. The van der Waals surface area contributed by atoms with Crippen molar-refractivity contribution in [3.05, 3.63) is 106 Å². The lowest BCUT2D eigenvalue weighted by molar-refractivity contribution is 0.122. The molecule has 0 saturated carbocycles. The number of nitrogens with one attached hydrogen (secondary N) is 2. The highest BCUT2D eigenvalue weighted by atomic mass is 19.1. The van der Waals surface area contributed by atoms with Crippen molar-refractivity contribution >= 4 is 34.1 Å². The van der Waals surface area contributed by atoms with Crippen LogP contribution in [0.3, 0.4) is 0 Å². The number of hydrogen-bond donors (Lipinski definition) is 3. The van der Waals surface area contributed by atoms with E-state index in [1.54, 1.807) is 49.5 Å². The van der Waals surface area contributed by atoms with E-state index >= 15 is 0 Å². The summed E-state index contributed by atoms with van der Waals surface area (Å²) in [4.78, 5) is 28.8. The minimum Gasteiger partial charge on any atom is -0.458 e. The molecular formula is C31H28FN7O3. The molecule has 0 amide bonds. The van der Waals surface area contributed by atoms with Crippen molar-refractivity contribution in [1.82, 2.24) is 15.0 Å². The van der Waals surface area contributed by atoms with Crippen molar-refractivity contribution in [2.75, 3.05) is 42.3 Å². The van der Waals surface area contributed by atoms with Crippen molar-refractivity contribution in [2.45, 2.75) is 13.0 Å². The molecule has 42 heavy (non-hydrogen) atoms. The van der Waals surface area contributed by atoms with Crippen molar-refractivity contribution in [1.29, 1.82) is 5.41 Å². The van der Waals surface area contributed by atoms with E-state index in [2.05, 4.69) is 25.2 Å². The van der Waals surface area contributed by atoms with Crippen LogP contribution in [0.1, 0.15) is 29.9 Å². The van der Waals surface area contributed by atoms with Gasteiger partial charge in [-0.2, -0.15) is 0 Å². The first kappa shape index (κ1) is 27.0. The second-order valence-corrected chi connectivity index (χ2v) is 9.90. The molecule has 0 radical (unpaired) electrons. The molecule has 10 nitrogen and oxygen atoms in total. The number of pyridine rings is 1. The third kappa shape index (κ3) is 5.17. The van der Waals surface area contributed by atoms with E-state index in [1.165, 1.54) is 18.5 Å². The Balaban J connectivity index is 1.37. The quantitative estimate of drug-likeness (QED) is 0.237. The van der Waals surface area contributed by atoms with Crippen LogP contribution in [0, 0.1) is 11.2 Å². The summed E-state index contributed by atoms with van der Waals surface area (Å²) in [7, 11) is 0. The maximum atomic E-state index is 14.2. The largest absolute Gasteiger partial charge is 0.458 e. The zero-order valence-electron chi connectivity index (χ0n) is 22.8. The van der Waals surface area contributed by atoms with Gasteiger partial charge in [0.05, 0.1) is 41.5 Å². The third-order valence-electron chi connectivity index (χ3n) is 7.18. The standard InChI is InChI=1S/C31H28FN7O3/c1-18(29-25(19-5-4-6-21(32)15-19)28(40)22-7-2-3-8-23(22)42-29)38-31-26(30(34)36-17-37-31)27(33)20-9-10-24(35-16-20)39-11-13-41-14-12-39/h2-10,15-18,33H,11-14H2,1H3,(H3,34,36,37,38). The van der Waals surface area contributed by atoms with Crippen molar-refractivity contribution in [3.63, 3.8) is 0 Å². The van der Waals surface area contributed by atoms with Gasteiger partial charge in [-0.1, -0.05) is 24.3 Å². The van der Waals surface area contributed by atoms with Gasteiger partial charge >= 0.3 is 0 Å². The lowest BCUT2D eigenvalue weighted by atomic mass is 9.98. The molecule has 11 heteroatoms. The number of nitrogens with two attached hydrogens (primary N) is 1. The van der Waals surface area contributed by atoms with Crippen molar-refractivity contribution in [2.24, 2.45) is 0 Å². The van der Waals surface area contributed by atoms with Gasteiger partial charge in [0.2, 0.25) is 5.43 Å². The average Bonchev–Trinajstić information content (AvgIpc) is 3.01. The molecule has 1 aliphatic heterocycles. The Morgan fingerprint density at radius 3 is 2.64 bits per heavy atom. The number of nitrogens with zero attached hydrogens (tertiary/aromatic N) is 4. The first-order valence-corrected chi connectivity index (χ1v) is 13.5. The van der Waals surface area contributed by atoms with E-state index in [9.17, 15) is 9.18 Å². The predicted octanol–water partition coefficient (Wildman–Crippen LogP) is 4.79. The number of nitrogen functional groups attached to an aromatic ring is 1. The minimum absolute atomic E-state index is 0.0779. The van der Waals surface area contributed by atoms with Gasteiger partial charge < -0.3 is 25.1 Å². The van der Waals surface area contributed by atoms with Crippen LogP contribution in [-0.2, 0) is 4.74 Å². The number of anilines is 3. The van der Waals surface area contributed by atoms with Crippen LogP contribution in [-0.4, -0.2) is 47.0 Å². The van der Waals surface area contributed by atoms with Crippen LogP contribution in [0.25, 0.3) is 22.1 Å². The smallest absolute Gasteiger partial charge is 0.200 e. The van der Waals surface area contributed by atoms with Crippen LogP contribution in [0.2, 0.25) is 0 Å². The van der Waals surface area contributed by atoms with E-state index in [4.69, 9.17) is 20.3 Å². The lowest BCUT2D eigenvalue weighted by Gasteiger charge is -2.27. The Morgan fingerprint density at radius 1 is 1.07 bits per heavy atom. The third-order valence-corrected chi connectivity index (χ3v) is 7.18. The van der Waals surface area contributed by atoms with Crippen LogP contribution in [0.15, 0.2) is 82.4 Å². The Labute approximate surface area is 240 Å². The predicted molar refractivity (Wildman–Crippen MR) is 160 cm³/mol. The summed E-state index contributed by atoms with van der Waals surface area (Å²) in [5.74, 6) is 0.996. The molecule has 4 N–H and O–H groups in total. The number of morpholine rings is 1. The van der Waals surface area contributed by atoms with Crippen LogP contribution < -0.4 is 21.4 Å². The Bertz CT molecular complexity index is 1840. The van der Waals surface area contributed by atoms with Crippen LogP contribution >= 0.6 is 0 Å². The second-order valence-electron chi connectivity index (χ2n) is 9.90. The number of benzene rings is 2. The summed E-state index contributed by atoms with van der Waals surface area (Å²) in [5, 5.41) is 12.6. The average molecular weight is 566 g/mol. The number of aromatic nitrogens is 3. The summed E-state index contributed by atoms with van der Waals surface area (Å²) in [6.45, 7) is 4.57. The number of ether oxygens (including phenoxy) is 1. The van der Waals surface area contributed by atoms with E-state index in [-0.39, 0.29) is 39.7 Å². The topological polar surface area (TPSA) is 143 Å². The number of fused-ring (bicyclic) bond motifs is 1. The maximum Gasteiger partial charge on any atom is 0.200 e. The van der Waals surface area contributed by atoms with E-state index in [0.29, 0.717) is 35.3 Å². The van der Waals surface area contributed by atoms with Crippen LogP contribution in [0.5, 0.6) is 0 Å². The molecule has 0 aliphatic carbocycles. The lowest BCUT2D eigenvalue weighted by Crippen LogP contribution is -2.36. The zero-order valence-corrected chi connectivity index (χ0v) is 22.8. The minimum atomic E-state index is -0.636. The normalized spacial score (nSPS) is 14.1. The summed E-state index contributed by atoms with van der Waals surface area (Å²) < 4.78 is 25.9. The summed E-state index contributed by atoms with van der Waals surface area (Å²) in [6.07, 6.45) is 2.92. The maximum absolute atomic E-state index is 14.2. The monoisotopic (exact) mass is 565 g/mol. The number of rotatable bonds is 7. The first-order valence-electron chi connectivity index (χ1n) is 13.5. The first-order chi connectivity index (χ1) is 20.4. The molecule has 2 aromatic carbocycles. The van der Waals surface area contributed by atoms with Gasteiger partial charge in [0, 0.05) is 24.8 Å². The number of hydrogen-bond acceptors (Lipinski definition) is 10. The molecule has 1 saturated heterocycles. The highest BCUT2D eigenvalue weighted by Gasteiger charge is 2.24. The van der Waals surface area contributed by atoms with Crippen molar-refractivity contribution in [3.8, 4) is 11.1 Å². The summed E-state index contributed by atoms with van der Waals surface area (Å²) in [6, 6.07) is 15.8. The fourth-order valence-electron chi connectivity index (χ4n) is 5.07. The molecule has 6 rings (SSSR count). The molecule has 4 heterocycles. The van der Waals surface area contributed by atoms with E-state index < -0.39 is 11.9 Å². The molecule has 0 bridgehead atoms. The number of para-hydroxylation sites is 1. The summed E-state index contributed by atoms with van der Waals surface area (Å²) in [5.41, 5.74) is 7.88. The Kier molecular flexibility index (Phi) is 7.32. The highest BCUT2D eigenvalue weighted by molar-refractivity contribution is 6.16. The fourth-order valence-corrected chi connectivity index (χ4v) is 5.07. The van der Waals surface area contributed by atoms with Gasteiger partial charge in [-0.25, -0.2) is 19.3 Å². The zero-order chi connectivity index (χ0) is 29.2. The highest BCUT2D eigenvalue weighted by Crippen LogP contribution is 2.32. The molecule has 5 aromatic rings. The van der Waals surface area contributed by atoms with Gasteiger partial charge in [0.1, 0.15) is 40.9 Å². The van der Waals surface area contributed by atoms with Gasteiger partial charge in [0.15, 0.2) is 0 Å². The van der Waals surface area contributed by atoms with E-state index in [1.807, 2.05) is 12.1 Å². The molecule has 1 fully saturated rings. The molecule has 1 aliphatic rings. The molecule has 1 unspecified atom stereocenters. The number of halogens is 1. The van der Waals surface area contributed by atoms with Gasteiger partial charge in [-0.15, -0.1) is 0 Å². The van der Waals surface area contributed by atoms with Gasteiger partial charge in [0.25, 0.3) is 0 Å². The molecule has 1 atom stereocenters. The second kappa shape index (κ2) is 11.4. The fraction of sp³-hybridized carbons (Fsp3) is 0.194. The van der Waals surface area contributed by atoms with Gasteiger partial charge in [-0.05, 0) is 48.9 Å². The molecule has 212 valence electrons. The van der Waals surface area contributed by atoms with Gasteiger partial charge in [-0.3, -0.25) is 10.2 Å². The summed E-state index contributed by atoms with van der Waals surface area (Å²) >= 11 is 0. The van der Waals surface area contributed by atoms with E-state index in [0.717, 1.165) is 18.9 Å². The Morgan fingerprint density at radius 2 is 1.88 bits per heavy atom. The van der Waals surface area contributed by atoms with Crippen LogP contribution in [0.4, 0.5) is 21.8 Å². The molecule has 0 spiro atoms. The molecular weight excluding hydrogens is 537 g/mol. The van der Waals surface area contributed by atoms with Crippen molar-refractivity contribution < 1.29 is 13.5 Å². The molecule has 3 aromatic heterocycles.